The van der Waals surface area contributed by atoms with Crippen LogP contribution in [-0.4, -0.2) is 65.0 Å². The number of fused-ring (bicyclic) bond motifs is 1. The number of nitrogens with one attached hydrogen (secondary N) is 1. The van der Waals surface area contributed by atoms with E-state index in [9.17, 15) is 14.8 Å². The van der Waals surface area contributed by atoms with E-state index in [1.54, 1.807) is 5.48 Å². The van der Waals surface area contributed by atoms with E-state index in [0.29, 0.717) is 32.5 Å². The second-order valence-electron chi connectivity index (χ2n) is 10.0. The number of carbonyl (C=O) groups excluding carboxylic acids is 2. The van der Waals surface area contributed by atoms with Gasteiger partial charge in [0.25, 0.3) is 0 Å². The zero-order valence-corrected chi connectivity index (χ0v) is 20.7. The number of pyridine rings is 1. The van der Waals surface area contributed by atoms with E-state index in [1.165, 1.54) is 0 Å². The minimum atomic E-state index is -0.807. The van der Waals surface area contributed by atoms with Crippen LogP contribution in [0.5, 0.6) is 5.75 Å². The fourth-order valence-corrected chi connectivity index (χ4v) is 5.30. The number of hydroxylamine groups is 1. The summed E-state index contributed by atoms with van der Waals surface area (Å²) in [6.45, 7) is 5.34. The Labute approximate surface area is 210 Å². The molecular formula is C28H32N4O4. The maximum absolute atomic E-state index is 13.5. The third-order valence-corrected chi connectivity index (χ3v) is 7.49. The molecule has 2 N–H and O–H groups in total. The zero-order valence-electron chi connectivity index (χ0n) is 20.7. The summed E-state index contributed by atoms with van der Waals surface area (Å²) in [6, 6.07) is 17.8. The van der Waals surface area contributed by atoms with Gasteiger partial charge in [-0.1, -0.05) is 30.3 Å². The van der Waals surface area contributed by atoms with Crippen LogP contribution < -0.4 is 10.2 Å². The SMILES string of the molecule is Cc1cc(COc2ccc(C[C@]3(C(=O)N4CCN(C)CC4)C[C@@H]3C(=O)NO)cc2)c2ccccc2n1. The van der Waals surface area contributed by atoms with Crippen molar-refractivity contribution in [1.82, 2.24) is 20.3 Å². The Morgan fingerprint density at radius 3 is 2.56 bits per heavy atom. The molecule has 8 heteroatoms. The van der Waals surface area contributed by atoms with Gasteiger partial charge in [-0.05, 0) is 56.6 Å². The van der Waals surface area contributed by atoms with Crippen molar-refractivity contribution in [3.05, 3.63) is 71.4 Å². The number of para-hydroxylation sites is 1. The van der Waals surface area contributed by atoms with Crippen molar-refractivity contribution in [3.8, 4) is 5.75 Å². The molecule has 0 bridgehead atoms. The molecule has 0 unspecified atom stereocenters. The van der Waals surface area contributed by atoms with E-state index >= 15 is 0 Å². The van der Waals surface area contributed by atoms with Gasteiger partial charge in [-0.2, -0.15) is 0 Å². The molecule has 0 spiro atoms. The van der Waals surface area contributed by atoms with Crippen LogP contribution in [0.3, 0.4) is 0 Å². The predicted octanol–water partition coefficient (Wildman–Crippen LogP) is 2.95. The van der Waals surface area contributed by atoms with Crippen molar-refractivity contribution in [2.24, 2.45) is 11.3 Å². The first-order chi connectivity index (χ1) is 17.4. The third-order valence-electron chi connectivity index (χ3n) is 7.49. The number of likely N-dealkylation sites (N-methyl/N-ethyl adjacent to an activating group) is 1. The maximum Gasteiger partial charge on any atom is 0.247 e. The summed E-state index contributed by atoms with van der Waals surface area (Å²) in [5.74, 6) is -0.271. The number of piperazine rings is 1. The predicted molar refractivity (Wildman–Crippen MR) is 136 cm³/mol. The molecule has 188 valence electrons. The van der Waals surface area contributed by atoms with E-state index in [-0.39, 0.29) is 5.91 Å². The number of ether oxygens (including phenoxy) is 1. The number of amides is 2. The van der Waals surface area contributed by atoms with Crippen molar-refractivity contribution in [3.63, 3.8) is 0 Å². The smallest absolute Gasteiger partial charge is 0.247 e. The van der Waals surface area contributed by atoms with Crippen LogP contribution in [-0.2, 0) is 22.6 Å². The van der Waals surface area contributed by atoms with Gasteiger partial charge in [-0.15, -0.1) is 0 Å². The Morgan fingerprint density at radius 1 is 1.11 bits per heavy atom. The van der Waals surface area contributed by atoms with Gasteiger partial charge in [-0.3, -0.25) is 19.8 Å². The Hall–Kier alpha value is -3.49. The third kappa shape index (κ3) is 4.79. The minimum Gasteiger partial charge on any atom is -0.489 e. The summed E-state index contributed by atoms with van der Waals surface area (Å²) in [4.78, 5) is 34.4. The van der Waals surface area contributed by atoms with E-state index in [4.69, 9.17) is 4.74 Å². The second-order valence-corrected chi connectivity index (χ2v) is 10.0. The first kappa shape index (κ1) is 24.2. The monoisotopic (exact) mass is 488 g/mol. The number of benzene rings is 2. The molecule has 2 atom stereocenters. The summed E-state index contributed by atoms with van der Waals surface area (Å²) >= 11 is 0. The molecule has 36 heavy (non-hydrogen) atoms. The van der Waals surface area contributed by atoms with E-state index in [2.05, 4.69) is 16.0 Å². The van der Waals surface area contributed by atoms with Crippen molar-refractivity contribution in [1.29, 1.82) is 0 Å². The first-order valence-electron chi connectivity index (χ1n) is 12.4. The highest BCUT2D eigenvalue weighted by Gasteiger charge is 2.64. The van der Waals surface area contributed by atoms with E-state index in [1.807, 2.05) is 67.4 Å². The highest BCUT2D eigenvalue weighted by atomic mass is 16.5. The van der Waals surface area contributed by atoms with Crippen molar-refractivity contribution in [2.75, 3.05) is 33.2 Å². The lowest BCUT2D eigenvalue weighted by atomic mass is 9.91. The molecule has 5 rings (SSSR count). The van der Waals surface area contributed by atoms with Crippen LogP contribution in [0.15, 0.2) is 54.6 Å². The number of carbonyl (C=O) groups is 2. The van der Waals surface area contributed by atoms with Crippen LogP contribution in [0.2, 0.25) is 0 Å². The zero-order chi connectivity index (χ0) is 25.3. The number of hydrogen-bond donors (Lipinski definition) is 2. The molecule has 8 nitrogen and oxygen atoms in total. The van der Waals surface area contributed by atoms with Gasteiger partial charge in [0.1, 0.15) is 12.4 Å². The van der Waals surface area contributed by atoms with Crippen LogP contribution in [0, 0.1) is 18.3 Å². The normalized spacial score (nSPS) is 21.9. The molecule has 2 amide bonds. The van der Waals surface area contributed by atoms with Crippen molar-refractivity contribution >= 4 is 22.7 Å². The highest BCUT2D eigenvalue weighted by Crippen LogP contribution is 2.56. The summed E-state index contributed by atoms with van der Waals surface area (Å²) in [7, 11) is 2.04. The lowest BCUT2D eigenvalue weighted by molar-refractivity contribution is -0.142. The standard InChI is InChI=1S/C28H32N4O4/c1-19-15-21(23-5-3-4-6-25(23)29-19)18-36-22-9-7-20(8-10-22)16-28(17-24(28)26(33)30-35)27(34)32-13-11-31(2)12-14-32/h3-10,15,24,35H,11-14,16-18H2,1-2H3,(H,30,33)/t24-,28+/m1/s1. The highest BCUT2D eigenvalue weighted by molar-refractivity contribution is 5.96. The molecular weight excluding hydrogens is 456 g/mol. The van der Waals surface area contributed by atoms with Gasteiger partial charge < -0.3 is 14.5 Å². The van der Waals surface area contributed by atoms with Crippen LogP contribution in [0.25, 0.3) is 10.9 Å². The molecule has 3 aromatic rings. The number of aryl methyl sites for hydroxylation is 1. The van der Waals surface area contributed by atoms with Gasteiger partial charge in [0.15, 0.2) is 0 Å². The quantitative estimate of drug-likeness (QED) is 0.392. The topological polar surface area (TPSA) is 95.0 Å². The van der Waals surface area contributed by atoms with Crippen molar-refractivity contribution < 1.29 is 19.5 Å². The van der Waals surface area contributed by atoms with Gasteiger partial charge >= 0.3 is 0 Å². The number of hydrogen-bond acceptors (Lipinski definition) is 6. The second kappa shape index (κ2) is 9.87. The Balaban J connectivity index is 1.28. The van der Waals surface area contributed by atoms with Crippen molar-refractivity contribution in [2.45, 2.75) is 26.4 Å². The van der Waals surface area contributed by atoms with Gasteiger partial charge in [-0.25, -0.2) is 5.48 Å². The lowest BCUT2D eigenvalue weighted by Crippen LogP contribution is -2.50. The average Bonchev–Trinajstić information content (AvgIpc) is 3.62. The van der Waals surface area contributed by atoms with Gasteiger partial charge in [0.2, 0.25) is 11.8 Å². The van der Waals surface area contributed by atoms with Crippen LogP contribution in [0.1, 0.15) is 23.2 Å². The minimum absolute atomic E-state index is 0.00413. The summed E-state index contributed by atoms with van der Waals surface area (Å²) in [5, 5.41) is 10.3. The molecule has 2 aromatic carbocycles. The Morgan fingerprint density at radius 2 is 1.83 bits per heavy atom. The molecule has 2 heterocycles. The van der Waals surface area contributed by atoms with Crippen LogP contribution in [0.4, 0.5) is 0 Å². The molecule has 2 aliphatic rings. The molecule has 1 saturated heterocycles. The lowest BCUT2D eigenvalue weighted by Gasteiger charge is -2.35. The Kier molecular flexibility index (Phi) is 6.64. The van der Waals surface area contributed by atoms with E-state index < -0.39 is 17.2 Å². The maximum atomic E-state index is 13.5. The van der Waals surface area contributed by atoms with Gasteiger partial charge in [0.05, 0.1) is 16.8 Å². The molecule has 0 radical (unpaired) electrons. The largest absolute Gasteiger partial charge is 0.489 e. The van der Waals surface area contributed by atoms with E-state index in [0.717, 1.165) is 46.6 Å². The summed E-state index contributed by atoms with van der Waals surface area (Å²) in [5.41, 5.74) is 4.88. The number of aromatic nitrogens is 1. The average molecular weight is 489 g/mol. The molecule has 1 saturated carbocycles. The molecule has 1 aromatic heterocycles. The number of nitrogens with zero attached hydrogens (tertiary/aromatic N) is 3. The number of rotatable bonds is 7. The Bertz CT molecular complexity index is 1270. The molecule has 1 aliphatic heterocycles. The summed E-state index contributed by atoms with van der Waals surface area (Å²) < 4.78 is 6.08. The fourth-order valence-electron chi connectivity index (χ4n) is 5.30. The molecule has 2 fully saturated rings. The van der Waals surface area contributed by atoms with Crippen LogP contribution >= 0.6 is 0 Å². The first-order valence-corrected chi connectivity index (χ1v) is 12.4. The summed E-state index contributed by atoms with van der Waals surface area (Å²) in [6.07, 6.45) is 0.891. The van der Waals surface area contributed by atoms with Gasteiger partial charge in [0, 0.05) is 42.8 Å². The fraction of sp³-hybridized carbons (Fsp3) is 0.393. The molecule has 1 aliphatic carbocycles.